The van der Waals surface area contributed by atoms with E-state index in [2.05, 4.69) is 4.98 Å². The third-order valence-electron chi connectivity index (χ3n) is 4.91. The van der Waals surface area contributed by atoms with E-state index in [1.807, 2.05) is 0 Å². The molecule has 3 aromatic rings. The molecule has 0 atom stereocenters. The number of nitrogens with zero attached hydrogens (tertiary/aromatic N) is 3. The maximum Gasteiger partial charge on any atom is 0.417 e. The van der Waals surface area contributed by atoms with Crippen molar-refractivity contribution < 1.29 is 26.7 Å². The number of hydrogen-bond acceptors (Lipinski definition) is 4. The fraction of sp³-hybridized carbons (Fsp3) is 0.316. The van der Waals surface area contributed by atoms with Gasteiger partial charge in [-0.3, -0.25) is 14.2 Å². The second-order valence-corrected chi connectivity index (χ2v) is 8.39. The average molecular weight is 478 g/mol. The normalized spacial score (nSPS) is 15.9. The number of hydrogen-bond donors (Lipinski definition) is 0. The Morgan fingerprint density at radius 2 is 1.97 bits per heavy atom. The zero-order valence-corrected chi connectivity index (χ0v) is 17.1. The van der Waals surface area contributed by atoms with Gasteiger partial charge in [0.1, 0.15) is 4.83 Å². The Kier molecular flexibility index (Phi) is 5.29. The van der Waals surface area contributed by atoms with E-state index in [1.54, 1.807) is 0 Å². The van der Waals surface area contributed by atoms with Crippen LogP contribution in [0.25, 0.3) is 21.3 Å². The Morgan fingerprint density at radius 1 is 1.26 bits per heavy atom. The summed E-state index contributed by atoms with van der Waals surface area (Å²) in [7, 11) is 0. The molecule has 0 unspecified atom stereocenters. The molecule has 1 aromatic carbocycles. The summed E-state index contributed by atoms with van der Waals surface area (Å²) < 4.78 is 66.6. The zero-order valence-electron chi connectivity index (χ0n) is 15.5. The number of thiophene rings is 1. The van der Waals surface area contributed by atoms with Crippen LogP contribution in [0.2, 0.25) is 5.02 Å². The number of aromatic nitrogens is 2. The van der Waals surface area contributed by atoms with Crippen LogP contribution in [0, 0.1) is 0 Å². The largest absolute Gasteiger partial charge is 0.417 e. The van der Waals surface area contributed by atoms with Gasteiger partial charge in [0, 0.05) is 23.9 Å². The van der Waals surface area contributed by atoms with Crippen LogP contribution in [0.5, 0.6) is 0 Å². The van der Waals surface area contributed by atoms with E-state index < -0.39 is 47.2 Å². The fourth-order valence-electron chi connectivity index (χ4n) is 3.31. The first-order chi connectivity index (χ1) is 14.5. The molecule has 5 nitrogen and oxygen atoms in total. The summed E-state index contributed by atoms with van der Waals surface area (Å²) >= 11 is 6.76. The molecule has 4 rings (SSSR count). The van der Waals surface area contributed by atoms with Gasteiger partial charge in [-0.15, -0.1) is 11.3 Å². The van der Waals surface area contributed by atoms with E-state index in [-0.39, 0.29) is 29.5 Å². The predicted octanol–water partition coefficient (Wildman–Crippen LogP) is 4.66. The molecule has 31 heavy (non-hydrogen) atoms. The van der Waals surface area contributed by atoms with E-state index in [4.69, 9.17) is 11.6 Å². The number of halogens is 6. The predicted molar refractivity (Wildman–Crippen MR) is 105 cm³/mol. The maximum absolute atomic E-state index is 13.2. The second kappa shape index (κ2) is 7.56. The summed E-state index contributed by atoms with van der Waals surface area (Å²) in [5, 5.41) is 1.19. The molecule has 2 aromatic heterocycles. The molecule has 1 aliphatic rings. The molecule has 164 valence electrons. The Balaban J connectivity index is 1.64. The van der Waals surface area contributed by atoms with Gasteiger partial charge in [-0.1, -0.05) is 17.7 Å². The first kappa shape index (κ1) is 21.7. The van der Waals surface area contributed by atoms with Gasteiger partial charge in [0.25, 0.3) is 11.5 Å². The van der Waals surface area contributed by atoms with Gasteiger partial charge in [-0.2, -0.15) is 13.2 Å². The van der Waals surface area contributed by atoms with E-state index in [0.29, 0.717) is 4.83 Å². The van der Waals surface area contributed by atoms with Crippen LogP contribution in [0.15, 0.2) is 34.7 Å². The topological polar surface area (TPSA) is 55.2 Å². The molecular formula is C19H13ClF5N3O2S. The van der Waals surface area contributed by atoms with Crippen LogP contribution >= 0.6 is 22.9 Å². The molecule has 0 aliphatic carbocycles. The van der Waals surface area contributed by atoms with Crippen molar-refractivity contribution in [3.63, 3.8) is 0 Å². The summed E-state index contributed by atoms with van der Waals surface area (Å²) in [6, 6.07) is 3.36. The van der Waals surface area contributed by atoms with E-state index in [9.17, 15) is 31.5 Å². The first-order valence-electron chi connectivity index (χ1n) is 8.96. The highest BCUT2D eigenvalue weighted by Crippen LogP contribution is 2.39. The molecule has 0 N–H and O–H groups in total. The van der Waals surface area contributed by atoms with Gasteiger partial charge in [0.2, 0.25) is 5.91 Å². The van der Waals surface area contributed by atoms with Crippen LogP contribution < -0.4 is 5.56 Å². The molecule has 1 fully saturated rings. The molecule has 0 spiro atoms. The molecule has 0 radical (unpaired) electrons. The molecule has 0 saturated carbocycles. The summed E-state index contributed by atoms with van der Waals surface area (Å²) in [5.74, 6) is -3.40. The summed E-state index contributed by atoms with van der Waals surface area (Å²) in [6.45, 7) is -1.39. The van der Waals surface area contributed by atoms with Crippen LogP contribution in [0.1, 0.15) is 12.0 Å². The number of likely N-dealkylation sites (tertiary alicyclic amines) is 1. The summed E-state index contributed by atoms with van der Waals surface area (Å²) in [6.07, 6.45) is -3.61. The minimum absolute atomic E-state index is 0.0909. The van der Waals surface area contributed by atoms with Gasteiger partial charge in [-0.25, -0.2) is 13.8 Å². The van der Waals surface area contributed by atoms with E-state index >= 15 is 0 Å². The maximum atomic E-state index is 13.2. The van der Waals surface area contributed by atoms with Crippen LogP contribution in [-0.2, 0) is 17.5 Å². The quantitative estimate of drug-likeness (QED) is 0.513. The third-order valence-corrected chi connectivity index (χ3v) is 6.12. The second-order valence-electron chi connectivity index (χ2n) is 7.12. The van der Waals surface area contributed by atoms with Gasteiger partial charge >= 0.3 is 6.18 Å². The number of amides is 1. The van der Waals surface area contributed by atoms with Crippen LogP contribution in [0.4, 0.5) is 22.0 Å². The third kappa shape index (κ3) is 4.16. The monoisotopic (exact) mass is 477 g/mol. The number of benzene rings is 1. The van der Waals surface area contributed by atoms with Crippen LogP contribution in [-0.4, -0.2) is 39.4 Å². The number of carbonyl (C=O) groups excluding carboxylic acids is 1. The molecule has 1 saturated heterocycles. The fourth-order valence-corrected chi connectivity index (χ4v) is 4.44. The van der Waals surface area contributed by atoms with Gasteiger partial charge < -0.3 is 4.90 Å². The van der Waals surface area contributed by atoms with Gasteiger partial charge in [0.05, 0.1) is 35.4 Å². The first-order valence-corrected chi connectivity index (χ1v) is 10.2. The lowest BCUT2D eigenvalue weighted by Crippen LogP contribution is -2.58. The van der Waals surface area contributed by atoms with Gasteiger partial charge in [0.15, 0.2) is 0 Å². The smallest absolute Gasteiger partial charge is 0.330 e. The zero-order chi connectivity index (χ0) is 22.6. The molecule has 1 aliphatic heterocycles. The highest BCUT2D eigenvalue weighted by atomic mass is 35.5. The molecule has 12 heteroatoms. The van der Waals surface area contributed by atoms with E-state index in [1.165, 1.54) is 17.8 Å². The van der Waals surface area contributed by atoms with Crippen molar-refractivity contribution in [1.29, 1.82) is 0 Å². The summed E-state index contributed by atoms with van der Waals surface area (Å²) in [4.78, 5) is 30.4. The minimum atomic E-state index is -4.66. The minimum Gasteiger partial charge on any atom is -0.330 e. The average Bonchev–Trinajstić information content (AvgIpc) is 3.09. The van der Waals surface area contributed by atoms with E-state index in [0.717, 1.165) is 32.9 Å². The standard InChI is InChI=1S/C19H13ClF5N3O2S/c20-13-2-1-10(5-12(13)19(23,24)25)11-6-31-16-15(11)17(30)27(9-26-16)4-3-14(29)28-7-18(21,22)8-28/h1-2,5-6,9H,3-4,7-8H2. The lowest BCUT2D eigenvalue weighted by molar-refractivity contribution is -0.165. The molecule has 3 heterocycles. The molecular weight excluding hydrogens is 465 g/mol. The van der Waals surface area contributed by atoms with Crippen molar-refractivity contribution in [2.75, 3.05) is 13.1 Å². The Bertz CT molecular complexity index is 1230. The van der Waals surface area contributed by atoms with Crippen molar-refractivity contribution >= 4 is 39.1 Å². The number of fused-ring (bicyclic) bond motifs is 1. The van der Waals surface area contributed by atoms with Crippen molar-refractivity contribution in [2.45, 2.75) is 25.1 Å². The molecule has 1 amide bonds. The lowest BCUT2D eigenvalue weighted by atomic mass is 10.0. The summed E-state index contributed by atoms with van der Waals surface area (Å²) in [5.41, 5.74) is -1.14. The number of alkyl halides is 5. The van der Waals surface area contributed by atoms with Crippen molar-refractivity contribution in [2.24, 2.45) is 0 Å². The number of aryl methyl sites for hydroxylation is 1. The van der Waals surface area contributed by atoms with Crippen molar-refractivity contribution in [3.8, 4) is 11.1 Å². The van der Waals surface area contributed by atoms with Gasteiger partial charge in [-0.05, 0) is 17.7 Å². The van der Waals surface area contributed by atoms with Crippen molar-refractivity contribution in [3.05, 3.63) is 50.8 Å². The Hall–Kier alpha value is -2.53. The highest BCUT2D eigenvalue weighted by Gasteiger charge is 2.45. The van der Waals surface area contributed by atoms with Crippen molar-refractivity contribution in [1.82, 2.24) is 14.5 Å². The molecule has 0 bridgehead atoms. The SMILES string of the molecule is O=C(CCn1cnc2scc(-c3ccc(Cl)c(C(F)(F)F)c3)c2c1=O)N1CC(F)(F)C1. The Morgan fingerprint density at radius 3 is 2.61 bits per heavy atom. The number of rotatable bonds is 4. The highest BCUT2D eigenvalue weighted by molar-refractivity contribution is 7.17. The van der Waals surface area contributed by atoms with Crippen LogP contribution in [0.3, 0.4) is 0 Å². The Labute approximate surface area is 180 Å². The number of carbonyl (C=O) groups is 1. The lowest BCUT2D eigenvalue weighted by Gasteiger charge is -2.38.